The fourth-order valence-corrected chi connectivity index (χ4v) is 4.91. The number of carbonyl (C=O) groups excluding carboxylic acids is 2. The third kappa shape index (κ3) is 5.30. The van der Waals surface area contributed by atoms with Gasteiger partial charge in [0.25, 0.3) is 21.6 Å². The Balaban J connectivity index is 1.48. The molecule has 0 unspecified atom stereocenters. The van der Waals surface area contributed by atoms with Crippen LogP contribution in [0.25, 0.3) is 0 Å². The van der Waals surface area contributed by atoms with Gasteiger partial charge in [-0.05, 0) is 42.7 Å². The normalized spacial score (nSPS) is 13.0. The SMILES string of the molecule is O=C(OCC(=O)N1CCCc2ccccc21)c1ccccc1NS(=O)(=O)c1cccc([N+](=O)[O-])c1. The molecule has 4 rings (SSSR count). The van der Waals surface area contributed by atoms with Crippen molar-refractivity contribution in [1.29, 1.82) is 0 Å². The largest absolute Gasteiger partial charge is 0.452 e. The maximum atomic E-state index is 12.8. The Labute approximate surface area is 201 Å². The predicted molar refractivity (Wildman–Crippen MR) is 128 cm³/mol. The molecule has 3 aromatic carbocycles. The molecule has 3 aromatic rings. The third-order valence-corrected chi connectivity index (χ3v) is 6.83. The number of nitrogens with one attached hydrogen (secondary N) is 1. The van der Waals surface area contributed by atoms with Gasteiger partial charge in [0.2, 0.25) is 0 Å². The molecular weight excluding hydrogens is 474 g/mol. The number of ether oxygens (including phenoxy) is 1. The first kappa shape index (κ1) is 23.9. The van der Waals surface area contributed by atoms with Crippen molar-refractivity contribution in [3.8, 4) is 0 Å². The second-order valence-corrected chi connectivity index (χ2v) is 9.44. The number of sulfonamides is 1. The van der Waals surface area contributed by atoms with Crippen LogP contribution >= 0.6 is 0 Å². The second kappa shape index (κ2) is 9.94. The van der Waals surface area contributed by atoms with Gasteiger partial charge in [-0.15, -0.1) is 0 Å². The summed E-state index contributed by atoms with van der Waals surface area (Å²) >= 11 is 0. The number of hydrogen-bond acceptors (Lipinski definition) is 7. The third-order valence-electron chi connectivity index (χ3n) is 5.47. The van der Waals surface area contributed by atoms with Crippen molar-refractivity contribution >= 4 is 39.0 Å². The average Bonchev–Trinajstić information content (AvgIpc) is 2.87. The van der Waals surface area contributed by atoms with Gasteiger partial charge in [0.15, 0.2) is 6.61 Å². The first-order valence-electron chi connectivity index (χ1n) is 10.7. The molecule has 1 heterocycles. The number of amides is 1. The van der Waals surface area contributed by atoms with Crippen LogP contribution in [0.4, 0.5) is 17.1 Å². The summed E-state index contributed by atoms with van der Waals surface area (Å²) in [5.74, 6) is -1.28. The topological polar surface area (TPSA) is 136 Å². The lowest BCUT2D eigenvalue weighted by atomic mass is 10.0. The molecule has 11 heteroatoms. The zero-order valence-electron chi connectivity index (χ0n) is 18.4. The van der Waals surface area contributed by atoms with Gasteiger partial charge in [0.05, 0.1) is 21.1 Å². The van der Waals surface area contributed by atoms with Crippen molar-refractivity contribution < 1.29 is 27.7 Å². The lowest BCUT2D eigenvalue weighted by Crippen LogP contribution is -2.38. The molecule has 10 nitrogen and oxygen atoms in total. The van der Waals surface area contributed by atoms with E-state index >= 15 is 0 Å². The minimum absolute atomic E-state index is 0.0835. The lowest BCUT2D eigenvalue weighted by Gasteiger charge is -2.29. The minimum atomic E-state index is -4.24. The van der Waals surface area contributed by atoms with Crippen molar-refractivity contribution in [2.75, 3.05) is 22.8 Å². The zero-order valence-corrected chi connectivity index (χ0v) is 19.2. The molecule has 0 atom stereocenters. The van der Waals surface area contributed by atoms with Crippen LogP contribution in [-0.4, -0.2) is 38.4 Å². The maximum absolute atomic E-state index is 12.8. The van der Waals surface area contributed by atoms with Crippen molar-refractivity contribution in [2.45, 2.75) is 17.7 Å². The number of nitro benzene ring substituents is 1. The van der Waals surface area contributed by atoms with E-state index in [1.165, 1.54) is 42.5 Å². The van der Waals surface area contributed by atoms with E-state index in [-0.39, 0.29) is 22.1 Å². The van der Waals surface area contributed by atoms with Crippen molar-refractivity contribution in [3.63, 3.8) is 0 Å². The van der Waals surface area contributed by atoms with E-state index in [0.717, 1.165) is 30.2 Å². The first-order chi connectivity index (χ1) is 16.8. The highest BCUT2D eigenvalue weighted by Crippen LogP contribution is 2.27. The fraction of sp³-hybridized carbons (Fsp3) is 0.167. The summed E-state index contributed by atoms with van der Waals surface area (Å²) < 4.78 is 33.1. The van der Waals surface area contributed by atoms with Crippen LogP contribution in [-0.2, 0) is 26.0 Å². The Kier molecular flexibility index (Phi) is 6.78. The Hall–Kier alpha value is -4.25. The van der Waals surface area contributed by atoms with Crippen LogP contribution in [0.5, 0.6) is 0 Å². The predicted octanol–water partition coefficient (Wildman–Crippen LogP) is 3.53. The van der Waals surface area contributed by atoms with E-state index in [9.17, 15) is 28.1 Å². The standard InChI is InChI=1S/C24H21N3O7S/c28-23(26-14-6-8-17-7-1-4-13-22(17)26)16-34-24(29)20-11-2-3-12-21(20)25-35(32,33)19-10-5-9-18(15-19)27(30)31/h1-5,7,9-13,15,25H,6,8,14,16H2. The fourth-order valence-electron chi connectivity index (χ4n) is 3.79. The number of carbonyl (C=O) groups is 2. The number of para-hydroxylation sites is 2. The number of nitro groups is 1. The summed E-state index contributed by atoms with van der Waals surface area (Å²) in [7, 11) is -4.24. The summed E-state index contributed by atoms with van der Waals surface area (Å²) in [5.41, 5.74) is 1.25. The summed E-state index contributed by atoms with van der Waals surface area (Å²) in [5, 5.41) is 11.0. The molecular formula is C24H21N3O7S. The Morgan fingerprint density at radius 3 is 2.57 bits per heavy atom. The Morgan fingerprint density at radius 2 is 1.77 bits per heavy atom. The summed E-state index contributed by atoms with van der Waals surface area (Å²) in [6.07, 6.45) is 1.65. The van der Waals surface area contributed by atoms with E-state index in [0.29, 0.717) is 6.54 Å². The number of nitrogens with zero attached hydrogens (tertiary/aromatic N) is 2. The molecule has 0 saturated carbocycles. The molecule has 0 aliphatic carbocycles. The molecule has 0 spiro atoms. The highest BCUT2D eigenvalue weighted by molar-refractivity contribution is 7.92. The quantitative estimate of drug-likeness (QED) is 0.301. The molecule has 1 aliphatic heterocycles. The maximum Gasteiger partial charge on any atom is 0.340 e. The van der Waals surface area contributed by atoms with Gasteiger partial charge in [-0.1, -0.05) is 36.4 Å². The number of rotatable bonds is 7. The second-order valence-electron chi connectivity index (χ2n) is 7.76. The van der Waals surface area contributed by atoms with Gasteiger partial charge in [0.1, 0.15) is 0 Å². The molecule has 35 heavy (non-hydrogen) atoms. The van der Waals surface area contributed by atoms with E-state index in [1.807, 2.05) is 24.3 Å². The first-order valence-corrected chi connectivity index (χ1v) is 12.2. The van der Waals surface area contributed by atoms with E-state index < -0.39 is 33.2 Å². The number of non-ortho nitro benzene ring substituents is 1. The van der Waals surface area contributed by atoms with Gasteiger partial charge in [0, 0.05) is 24.4 Å². The molecule has 1 amide bonds. The highest BCUT2D eigenvalue weighted by atomic mass is 32.2. The minimum Gasteiger partial charge on any atom is -0.452 e. The van der Waals surface area contributed by atoms with E-state index in [4.69, 9.17) is 4.74 Å². The lowest BCUT2D eigenvalue weighted by molar-refractivity contribution is -0.385. The van der Waals surface area contributed by atoms with Crippen molar-refractivity contribution in [3.05, 3.63) is 94.0 Å². The molecule has 1 aliphatic rings. The van der Waals surface area contributed by atoms with E-state index in [1.54, 1.807) is 4.90 Å². The Bertz CT molecular complexity index is 1410. The Morgan fingerprint density at radius 1 is 1.03 bits per heavy atom. The van der Waals surface area contributed by atoms with E-state index in [2.05, 4.69) is 4.72 Å². The number of benzene rings is 3. The molecule has 180 valence electrons. The zero-order chi connectivity index (χ0) is 25.0. The van der Waals surface area contributed by atoms with Crippen LogP contribution in [0, 0.1) is 10.1 Å². The van der Waals surface area contributed by atoms with Crippen molar-refractivity contribution in [1.82, 2.24) is 0 Å². The average molecular weight is 496 g/mol. The number of fused-ring (bicyclic) bond motifs is 1. The molecule has 0 fully saturated rings. The van der Waals surface area contributed by atoms with Gasteiger partial charge >= 0.3 is 5.97 Å². The number of esters is 1. The summed E-state index contributed by atoms with van der Waals surface area (Å²) in [6.45, 7) is -0.00781. The highest BCUT2D eigenvalue weighted by Gasteiger charge is 2.25. The number of aryl methyl sites for hydroxylation is 1. The summed E-state index contributed by atoms with van der Waals surface area (Å²) in [6, 6.07) is 17.8. The molecule has 0 aromatic heterocycles. The van der Waals surface area contributed by atoms with Gasteiger partial charge in [-0.3, -0.25) is 19.6 Å². The monoisotopic (exact) mass is 495 g/mol. The number of hydrogen-bond donors (Lipinski definition) is 1. The smallest absolute Gasteiger partial charge is 0.340 e. The van der Waals surface area contributed by atoms with Crippen LogP contribution in [0.2, 0.25) is 0 Å². The summed E-state index contributed by atoms with van der Waals surface area (Å²) in [4.78, 5) is 37.0. The van der Waals surface area contributed by atoms with Crippen LogP contribution in [0.15, 0.2) is 77.7 Å². The molecule has 0 radical (unpaired) electrons. The van der Waals surface area contributed by atoms with Crippen LogP contribution in [0.1, 0.15) is 22.3 Å². The van der Waals surface area contributed by atoms with Gasteiger partial charge in [-0.2, -0.15) is 0 Å². The van der Waals surface area contributed by atoms with Gasteiger partial charge < -0.3 is 9.64 Å². The number of anilines is 2. The van der Waals surface area contributed by atoms with Crippen LogP contribution < -0.4 is 9.62 Å². The van der Waals surface area contributed by atoms with Crippen molar-refractivity contribution in [2.24, 2.45) is 0 Å². The van der Waals surface area contributed by atoms with Gasteiger partial charge in [-0.25, -0.2) is 13.2 Å². The van der Waals surface area contributed by atoms with Crippen LogP contribution in [0.3, 0.4) is 0 Å². The molecule has 0 bridgehead atoms. The molecule has 1 N–H and O–H groups in total. The molecule has 0 saturated heterocycles.